The van der Waals surface area contributed by atoms with Gasteiger partial charge in [0.15, 0.2) is 0 Å². The number of carbonyl (C=O) groups is 1. The molecule has 0 saturated carbocycles. The van der Waals surface area contributed by atoms with Crippen molar-refractivity contribution in [2.24, 2.45) is 5.73 Å². The lowest BCUT2D eigenvalue weighted by molar-refractivity contribution is 0.0734. The van der Waals surface area contributed by atoms with E-state index in [-0.39, 0.29) is 11.8 Å². The van der Waals surface area contributed by atoms with Crippen LogP contribution in [-0.4, -0.2) is 18.8 Å². The summed E-state index contributed by atoms with van der Waals surface area (Å²) in [5, 5.41) is 9.74. The highest BCUT2D eigenvalue weighted by Crippen LogP contribution is 2.43. The first-order chi connectivity index (χ1) is 16.5. The van der Waals surface area contributed by atoms with Gasteiger partial charge < -0.3 is 19.9 Å². The summed E-state index contributed by atoms with van der Waals surface area (Å²) in [5.74, 6) is 0.527. The molecule has 0 spiro atoms. The maximum atomic E-state index is 12.7. The van der Waals surface area contributed by atoms with Crippen molar-refractivity contribution >= 4 is 17.7 Å². The molecule has 0 fully saturated rings. The second-order valence-electron chi connectivity index (χ2n) is 7.66. The lowest BCUT2D eigenvalue weighted by atomic mass is 9.83. The number of esters is 1. The largest absolute Gasteiger partial charge is 0.494 e. The van der Waals surface area contributed by atoms with E-state index in [1.807, 2.05) is 37.4 Å². The number of allylic oxidation sites excluding steroid dienone is 1. The second-order valence-corrected chi connectivity index (χ2v) is 8.54. The Labute approximate surface area is 202 Å². The van der Waals surface area contributed by atoms with E-state index in [0.29, 0.717) is 35.0 Å². The third-order valence-electron chi connectivity index (χ3n) is 5.39. The highest BCUT2D eigenvalue weighted by molar-refractivity contribution is 7.98. The zero-order chi connectivity index (χ0) is 24.1. The van der Waals surface area contributed by atoms with Gasteiger partial charge in [-0.25, -0.2) is 4.79 Å². The van der Waals surface area contributed by atoms with E-state index in [4.69, 9.17) is 19.9 Å². The minimum atomic E-state index is -0.511. The van der Waals surface area contributed by atoms with Gasteiger partial charge in [0, 0.05) is 16.5 Å². The van der Waals surface area contributed by atoms with Gasteiger partial charge in [0.2, 0.25) is 5.88 Å². The van der Waals surface area contributed by atoms with Gasteiger partial charge in [-0.2, -0.15) is 5.26 Å². The van der Waals surface area contributed by atoms with Crippen LogP contribution in [0.2, 0.25) is 0 Å². The van der Waals surface area contributed by atoms with Crippen LogP contribution in [0, 0.1) is 11.3 Å². The summed E-state index contributed by atoms with van der Waals surface area (Å²) >= 11 is 1.64. The van der Waals surface area contributed by atoms with Crippen molar-refractivity contribution in [2.75, 3.05) is 12.9 Å². The molecule has 1 heterocycles. The third-order valence-corrected chi connectivity index (χ3v) is 6.14. The minimum absolute atomic E-state index is 0.0400. The zero-order valence-electron chi connectivity index (χ0n) is 18.9. The number of nitriles is 1. The Morgan fingerprint density at radius 2 is 1.91 bits per heavy atom. The molecule has 3 aromatic carbocycles. The van der Waals surface area contributed by atoms with Crippen LogP contribution in [0.5, 0.6) is 17.2 Å². The Bertz CT molecular complexity index is 1280. The quantitative estimate of drug-likeness (QED) is 0.270. The molecule has 1 aliphatic heterocycles. The van der Waals surface area contributed by atoms with Crippen LogP contribution in [0.1, 0.15) is 40.7 Å². The Balaban J connectivity index is 1.61. The molecule has 34 heavy (non-hydrogen) atoms. The van der Waals surface area contributed by atoms with E-state index in [9.17, 15) is 10.1 Å². The van der Waals surface area contributed by atoms with E-state index in [1.54, 1.807) is 54.2 Å². The van der Waals surface area contributed by atoms with Crippen LogP contribution < -0.4 is 19.9 Å². The molecule has 1 aliphatic rings. The van der Waals surface area contributed by atoms with Crippen molar-refractivity contribution < 1.29 is 19.0 Å². The summed E-state index contributed by atoms with van der Waals surface area (Å²) in [4.78, 5) is 13.8. The fourth-order valence-corrected chi connectivity index (χ4v) is 4.15. The standard InChI is InChI=1S/C27H24N2O4S/c1-3-13-31-19-6-4-5-18(14-19)27(30)32-20-9-12-22-24(15-20)33-26(29)23(16-28)25(22)17-7-10-21(34-2)11-8-17/h4-12,14-15,25H,3,13,29H2,1-2H3. The number of benzene rings is 3. The average molecular weight is 473 g/mol. The maximum Gasteiger partial charge on any atom is 0.343 e. The summed E-state index contributed by atoms with van der Waals surface area (Å²) in [6.07, 6.45) is 2.88. The lowest BCUT2D eigenvalue weighted by Crippen LogP contribution is -2.21. The number of rotatable bonds is 7. The molecule has 1 atom stereocenters. The van der Waals surface area contributed by atoms with Crippen LogP contribution in [0.4, 0.5) is 0 Å². The highest BCUT2D eigenvalue weighted by atomic mass is 32.2. The van der Waals surface area contributed by atoms with Crippen molar-refractivity contribution in [3.63, 3.8) is 0 Å². The zero-order valence-corrected chi connectivity index (χ0v) is 19.7. The van der Waals surface area contributed by atoms with Gasteiger partial charge in [0.25, 0.3) is 0 Å². The van der Waals surface area contributed by atoms with E-state index >= 15 is 0 Å². The Hall–Kier alpha value is -3.89. The number of nitrogens with zero attached hydrogens (tertiary/aromatic N) is 1. The van der Waals surface area contributed by atoms with Crippen LogP contribution in [0.15, 0.2) is 83.1 Å². The Morgan fingerprint density at radius 1 is 1.12 bits per heavy atom. The number of hydrogen-bond donors (Lipinski definition) is 1. The second kappa shape index (κ2) is 10.4. The number of fused-ring (bicyclic) bond motifs is 1. The minimum Gasteiger partial charge on any atom is -0.494 e. The predicted molar refractivity (Wildman–Crippen MR) is 131 cm³/mol. The van der Waals surface area contributed by atoms with Gasteiger partial charge in [-0.05, 0) is 54.6 Å². The summed E-state index contributed by atoms with van der Waals surface area (Å²) in [6, 6.07) is 22.2. The van der Waals surface area contributed by atoms with Crippen molar-refractivity contribution in [3.05, 3.63) is 94.9 Å². The van der Waals surface area contributed by atoms with Crippen molar-refractivity contribution in [3.8, 4) is 23.3 Å². The molecule has 7 heteroatoms. The highest BCUT2D eigenvalue weighted by Gasteiger charge is 2.31. The van der Waals surface area contributed by atoms with Crippen molar-refractivity contribution in [1.82, 2.24) is 0 Å². The fraction of sp³-hybridized carbons (Fsp3) is 0.185. The van der Waals surface area contributed by atoms with Gasteiger partial charge in [0.05, 0.1) is 18.1 Å². The number of ether oxygens (including phenoxy) is 3. The molecule has 1 unspecified atom stereocenters. The molecule has 3 aromatic rings. The average Bonchev–Trinajstić information content (AvgIpc) is 2.86. The Kier molecular flexibility index (Phi) is 7.09. The van der Waals surface area contributed by atoms with Crippen LogP contribution in [0.3, 0.4) is 0 Å². The molecule has 0 radical (unpaired) electrons. The SMILES string of the molecule is CCCOc1cccc(C(=O)Oc2ccc3c(c2)OC(N)=C(C#N)C3c2ccc(SC)cc2)c1. The monoisotopic (exact) mass is 472 g/mol. The van der Waals surface area contributed by atoms with Gasteiger partial charge in [0.1, 0.15) is 28.9 Å². The van der Waals surface area contributed by atoms with Crippen LogP contribution in [0.25, 0.3) is 0 Å². The van der Waals surface area contributed by atoms with E-state index in [2.05, 4.69) is 6.07 Å². The summed E-state index contributed by atoms with van der Waals surface area (Å²) in [6.45, 7) is 2.59. The molecule has 0 aromatic heterocycles. The smallest absolute Gasteiger partial charge is 0.343 e. The molecule has 0 amide bonds. The molecule has 0 bridgehead atoms. The van der Waals surface area contributed by atoms with Gasteiger partial charge >= 0.3 is 5.97 Å². The lowest BCUT2D eigenvalue weighted by Gasteiger charge is -2.26. The van der Waals surface area contributed by atoms with E-state index in [0.717, 1.165) is 22.4 Å². The number of thioether (sulfide) groups is 1. The first-order valence-corrected chi connectivity index (χ1v) is 12.1. The number of nitrogens with two attached hydrogens (primary N) is 1. The molecule has 0 saturated heterocycles. The molecule has 6 nitrogen and oxygen atoms in total. The van der Waals surface area contributed by atoms with Crippen LogP contribution >= 0.6 is 11.8 Å². The fourth-order valence-electron chi connectivity index (χ4n) is 3.74. The molecule has 0 aliphatic carbocycles. The maximum absolute atomic E-state index is 12.7. The van der Waals surface area contributed by atoms with E-state index < -0.39 is 5.97 Å². The number of carbonyl (C=O) groups excluding carboxylic acids is 1. The number of hydrogen-bond acceptors (Lipinski definition) is 7. The summed E-state index contributed by atoms with van der Waals surface area (Å²) in [7, 11) is 0. The van der Waals surface area contributed by atoms with Crippen molar-refractivity contribution in [1.29, 1.82) is 5.26 Å². The van der Waals surface area contributed by atoms with E-state index in [1.165, 1.54) is 0 Å². The summed E-state index contributed by atoms with van der Waals surface area (Å²) in [5.41, 5.74) is 8.52. The van der Waals surface area contributed by atoms with Crippen molar-refractivity contribution in [2.45, 2.75) is 24.2 Å². The molecular formula is C27H24N2O4S. The van der Waals surface area contributed by atoms with Crippen LogP contribution in [-0.2, 0) is 0 Å². The molecule has 172 valence electrons. The van der Waals surface area contributed by atoms with Gasteiger partial charge in [-0.3, -0.25) is 0 Å². The summed E-state index contributed by atoms with van der Waals surface area (Å²) < 4.78 is 16.9. The first kappa shape index (κ1) is 23.3. The first-order valence-electron chi connectivity index (χ1n) is 10.8. The van der Waals surface area contributed by atoms with Gasteiger partial charge in [-0.15, -0.1) is 11.8 Å². The normalized spacial score (nSPS) is 14.6. The molecule has 4 rings (SSSR count). The molecular weight excluding hydrogens is 448 g/mol. The molecule has 2 N–H and O–H groups in total. The topological polar surface area (TPSA) is 94.6 Å². The third kappa shape index (κ3) is 4.87. The van der Waals surface area contributed by atoms with Gasteiger partial charge in [-0.1, -0.05) is 31.2 Å². The predicted octanol–water partition coefficient (Wildman–Crippen LogP) is 5.63. The Morgan fingerprint density at radius 3 is 2.62 bits per heavy atom.